The summed E-state index contributed by atoms with van der Waals surface area (Å²) in [6.07, 6.45) is 0. The van der Waals surface area contributed by atoms with Crippen molar-refractivity contribution >= 4 is 7.60 Å². The zero-order valence-corrected chi connectivity index (χ0v) is 13.6. The standard InChI is InChI=1S/C13H22NO6P/c1-5-19-21(16,20-6-2)13(14)9-7-10(17-3)12(15)11(8-9)18-4/h7-8,13,15H,5-6,14H2,1-4H3/t13-/m1/s1. The number of phenols is 1. The van der Waals surface area contributed by atoms with Gasteiger partial charge in [-0.15, -0.1) is 0 Å². The van der Waals surface area contributed by atoms with Crippen LogP contribution in [0.25, 0.3) is 0 Å². The fourth-order valence-corrected chi connectivity index (χ4v) is 3.45. The molecule has 0 fully saturated rings. The summed E-state index contributed by atoms with van der Waals surface area (Å²) in [6, 6.07) is 2.96. The fraction of sp³-hybridized carbons (Fsp3) is 0.538. The number of aromatic hydroxyl groups is 1. The number of hydrogen-bond donors (Lipinski definition) is 2. The Bertz CT molecular complexity index is 486. The number of phenolic OH excluding ortho intramolecular Hbond substituents is 1. The molecular formula is C13H22NO6P. The van der Waals surface area contributed by atoms with E-state index < -0.39 is 13.4 Å². The van der Waals surface area contributed by atoms with Crippen molar-refractivity contribution in [3.8, 4) is 17.2 Å². The largest absolute Gasteiger partial charge is 0.502 e. The average Bonchev–Trinajstić information content (AvgIpc) is 2.47. The Morgan fingerprint density at radius 1 is 1.14 bits per heavy atom. The van der Waals surface area contributed by atoms with Gasteiger partial charge in [0.1, 0.15) is 5.78 Å². The number of nitrogens with two attached hydrogens (primary N) is 1. The summed E-state index contributed by atoms with van der Waals surface area (Å²) in [6.45, 7) is 3.82. The van der Waals surface area contributed by atoms with Gasteiger partial charge < -0.3 is 29.4 Å². The van der Waals surface area contributed by atoms with E-state index in [0.717, 1.165) is 0 Å². The first-order chi connectivity index (χ1) is 9.93. The van der Waals surface area contributed by atoms with Crippen molar-refractivity contribution in [3.63, 3.8) is 0 Å². The average molecular weight is 319 g/mol. The van der Waals surface area contributed by atoms with Gasteiger partial charge in [-0.3, -0.25) is 4.57 Å². The topological polar surface area (TPSA) is 100 Å². The second-order valence-electron chi connectivity index (χ2n) is 4.09. The van der Waals surface area contributed by atoms with Crippen LogP contribution < -0.4 is 15.2 Å². The summed E-state index contributed by atoms with van der Waals surface area (Å²) in [5, 5.41) is 9.88. The quantitative estimate of drug-likeness (QED) is 0.710. The molecule has 8 heteroatoms. The molecule has 7 nitrogen and oxygen atoms in total. The van der Waals surface area contributed by atoms with E-state index in [1.165, 1.54) is 26.4 Å². The molecule has 3 N–H and O–H groups in total. The van der Waals surface area contributed by atoms with Crippen LogP contribution in [-0.4, -0.2) is 32.5 Å². The molecule has 0 radical (unpaired) electrons. The monoisotopic (exact) mass is 319 g/mol. The van der Waals surface area contributed by atoms with E-state index in [1.807, 2.05) is 0 Å². The van der Waals surface area contributed by atoms with Crippen LogP contribution in [0.1, 0.15) is 25.2 Å². The molecule has 120 valence electrons. The highest BCUT2D eigenvalue weighted by Gasteiger charge is 2.35. The molecule has 0 unspecified atom stereocenters. The number of hydrogen-bond acceptors (Lipinski definition) is 7. The van der Waals surface area contributed by atoms with Gasteiger partial charge in [-0.1, -0.05) is 0 Å². The van der Waals surface area contributed by atoms with E-state index in [1.54, 1.807) is 13.8 Å². The van der Waals surface area contributed by atoms with Gasteiger partial charge >= 0.3 is 7.60 Å². The second kappa shape index (κ2) is 7.66. The first-order valence-electron chi connectivity index (χ1n) is 6.52. The Balaban J connectivity index is 3.27. The van der Waals surface area contributed by atoms with E-state index in [9.17, 15) is 9.67 Å². The number of benzene rings is 1. The Morgan fingerprint density at radius 3 is 1.90 bits per heavy atom. The molecule has 0 aromatic heterocycles. The summed E-state index contributed by atoms with van der Waals surface area (Å²) in [4.78, 5) is 0. The van der Waals surface area contributed by atoms with E-state index >= 15 is 0 Å². The molecule has 0 saturated heterocycles. The lowest BCUT2D eigenvalue weighted by Gasteiger charge is -2.24. The third-order valence-corrected chi connectivity index (χ3v) is 5.02. The zero-order chi connectivity index (χ0) is 16.0. The van der Waals surface area contributed by atoms with Crippen molar-refractivity contribution in [2.24, 2.45) is 5.73 Å². The highest BCUT2D eigenvalue weighted by Crippen LogP contribution is 2.59. The summed E-state index contributed by atoms with van der Waals surface area (Å²) in [7, 11) is -0.728. The van der Waals surface area contributed by atoms with Crippen molar-refractivity contribution in [1.82, 2.24) is 0 Å². The van der Waals surface area contributed by atoms with Gasteiger partial charge in [0, 0.05) is 0 Å². The molecule has 1 atom stereocenters. The normalized spacial score (nSPS) is 13.0. The van der Waals surface area contributed by atoms with E-state index in [0.29, 0.717) is 5.56 Å². The van der Waals surface area contributed by atoms with Gasteiger partial charge in [0.2, 0.25) is 5.75 Å². The van der Waals surface area contributed by atoms with Crippen molar-refractivity contribution in [2.45, 2.75) is 19.6 Å². The lowest BCUT2D eigenvalue weighted by Crippen LogP contribution is -2.15. The van der Waals surface area contributed by atoms with E-state index in [4.69, 9.17) is 24.3 Å². The molecule has 21 heavy (non-hydrogen) atoms. The van der Waals surface area contributed by atoms with Crippen LogP contribution in [0.3, 0.4) is 0 Å². The minimum absolute atomic E-state index is 0.154. The lowest BCUT2D eigenvalue weighted by atomic mass is 10.2. The van der Waals surface area contributed by atoms with Gasteiger partial charge in [0.25, 0.3) is 0 Å². The Morgan fingerprint density at radius 2 is 1.57 bits per heavy atom. The predicted molar refractivity (Wildman–Crippen MR) is 79.0 cm³/mol. The predicted octanol–water partition coefficient (Wildman–Crippen LogP) is 2.63. The molecule has 1 aromatic carbocycles. The molecule has 1 aromatic rings. The molecule has 0 aliphatic rings. The van der Waals surface area contributed by atoms with Crippen LogP contribution in [0.4, 0.5) is 0 Å². The van der Waals surface area contributed by atoms with Crippen LogP contribution in [0, 0.1) is 0 Å². The molecular weight excluding hydrogens is 297 g/mol. The van der Waals surface area contributed by atoms with E-state index in [-0.39, 0.29) is 30.5 Å². The number of methoxy groups -OCH3 is 2. The smallest absolute Gasteiger partial charge is 0.351 e. The molecule has 0 aliphatic heterocycles. The Labute approximate surface area is 124 Å². The van der Waals surface area contributed by atoms with Crippen molar-refractivity contribution in [2.75, 3.05) is 27.4 Å². The maximum Gasteiger partial charge on any atom is 0.351 e. The molecule has 0 saturated carbocycles. The molecule has 0 spiro atoms. The Kier molecular flexibility index (Phi) is 6.48. The van der Waals surface area contributed by atoms with Crippen molar-refractivity contribution < 1.29 is 28.2 Å². The number of ether oxygens (including phenoxy) is 2. The molecule has 0 amide bonds. The van der Waals surface area contributed by atoms with Gasteiger partial charge in [-0.2, -0.15) is 0 Å². The third kappa shape index (κ3) is 3.89. The molecule has 1 rings (SSSR count). The van der Waals surface area contributed by atoms with E-state index in [2.05, 4.69) is 0 Å². The van der Waals surface area contributed by atoms with Crippen LogP contribution in [-0.2, 0) is 13.6 Å². The lowest BCUT2D eigenvalue weighted by molar-refractivity contribution is 0.212. The first-order valence-corrected chi connectivity index (χ1v) is 8.13. The zero-order valence-electron chi connectivity index (χ0n) is 12.7. The number of rotatable bonds is 8. The fourth-order valence-electron chi connectivity index (χ4n) is 1.82. The van der Waals surface area contributed by atoms with Gasteiger partial charge in [-0.05, 0) is 31.5 Å². The highest BCUT2D eigenvalue weighted by atomic mass is 31.2. The maximum atomic E-state index is 12.7. The second-order valence-corrected chi connectivity index (χ2v) is 6.25. The van der Waals surface area contributed by atoms with Gasteiger partial charge in [-0.25, -0.2) is 0 Å². The maximum absolute atomic E-state index is 12.7. The molecule has 0 bridgehead atoms. The molecule has 0 aliphatic carbocycles. The van der Waals surface area contributed by atoms with Crippen molar-refractivity contribution in [1.29, 1.82) is 0 Å². The SMILES string of the molecule is CCOP(=O)(OCC)[C@@H](N)c1cc(OC)c(O)c(OC)c1. The summed E-state index contributed by atoms with van der Waals surface area (Å²) >= 11 is 0. The summed E-state index contributed by atoms with van der Waals surface area (Å²) in [5.74, 6) is -0.835. The third-order valence-electron chi connectivity index (χ3n) is 2.80. The Hall–Kier alpha value is -1.27. The summed E-state index contributed by atoms with van der Waals surface area (Å²) < 4.78 is 33.2. The van der Waals surface area contributed by atoms with Crippen LogP contribution in [0.5, 0.6) is 17.2 Å². The molecule has 0 heterocycles. The minimum Gasteiger partial charge on any atom is -0.502 e. The van der Waals surface area contributed by atoms with Gasteiger partial charge in [0.05, 0.1) is 27.4 Å². The van der Waals surface area contributed by atoms with Gasteiger partial charge in [0.15, 0.2) is 11.5 Å². The van der Waals surface area contributed by atoms with Crippen LogP contribution in [0.2, 0.25) is 0 Å². The summed E-state index contributed by atoms with van der Waals surface area (Å²) in [5.41, 5.74) is 6.46. The minimum atomic E-state index is -3.52. The first kappa shape index (κ1) is 17.8. The van der Waals surface area contributed by atoms with Crippen molar-refractivity contribution in [3.05, 3.63) is 17.7 Å². The van der Waals surface area contributed by atoms with Crippen LogP contribution >= 0.6 is 7.60 Å². The van der Waals surface area contributed by atoms with Crippen LogP contribution in [0.15, 0.2) is 12.1 Å². The highest BCUT2D eigenvalue weighted by molar-refractivity contribution is 7.54.